The summed E-state index contributed by atoms with van der Waals surface area (Å²) in [5, 5.41) is 3.26. The van der Waals surface area contributed by atoms with Crippen molar-refractivity contribution in [2.45, 2.75) is 13.2 Å². The Hall–Kier alpha value is -1.57. The second-order valence-corrected chi connectivity index (χ2v) is 5.36. The van der Waals surface area contributed by atoms with Crippen molar-refractivity contribution in [3.63, 3.8) is 0 Å². The zero-order valence-electron chi connectivity index (χ0n) is 11.3. The van der Waals surface area contributed by atoms with E-state index in [9.17, 15) is 8.78 Å². The van der Waals surface area contributed by atoms with Gasteiger partial charge in [-0.05, 0) is 52.4 Å². The molecule has 0 fully saturated rings. The summed E-state index contributed by atoms with van der Waals surface area (Å²) in [6.45, 7) is -2.37. The number of methoxy groups -OCH3 is 1. The lowest BCUT2D eigenvalue weighted by molar-refractivity contribution is -0.0512. The summed E-state index contributed by atoms with van der Waals surface area (Å²) in [7, 11) is 1.41. The fourth-order valence-electron chi connectivity index (χ4n) is 1.82. The van der Waals surface area contributed by atoms with Crippen LogP contribution in [0.2, 0.25) is 0 Å². The summed E-state index contributed by atoms with van der Waals surface area (Å²) in [6, 6.07) is 12.8. The van der Waals surface area contributed by atoms with Crippen LogP contribution in [0.5, 0.6) is 11.5 Å². The summed E-state index contributed by atoms with van der Waals surface area (Å²) in [5.74, 6) is 0.322. The molecule has 0 unspecified atom stereocenters. The number of hydrogen-bond acceptors (Lipinski definition) is 3. The molecule has 0 radical (unpaired) electrons. The van der Waals surface area contributed by atoms with Crippen LogP contribution in [0.4, 0.5) is 14.5 Å². The van der Waals surface area contributed by atoms with Crippen LogP contribution in [0.3, 0.4) is 0 Å². The number of halogens is 3. The standard InChI is InChI=1S/C15H14F2INO2/c1-20-13-7-6-10(8-14(13)21-15(16)17)9-19-12-5-3-2-4-11(12)18/h2-8,15,19H,9H2,1H3. The van der Waals surface area contributed by atoms with Gasteiger partial charge in [0, 0.05) is 15.8 Å². The van der Waals surface area contributed by atoms with E-state index in [1.54, 1.807) is 18.2 Å². The van der Waals surface area contributed by atoms with Gasteiger partial charge in [0.1, 0.15) is 0 Å². The molecule has 0 saturated carbocycles. The first-order valence-corrected chi connectivity index (χ1v) is 7.28. The second kappa shape index (κ2) is 7.44. The summed E-state index contributed by atoms with van der Waals surface area (Å²) >= 11 is 2.23. The lowest BCUT2D eigenvalue weighted by Crippen LogP contribution is -2.05. The fraction of sp³-hybridized carbons (Fsp3) is 0.200. The molecule has 0 bridgehead atoms. The maximum Gasteiger partial charge on any atom is 0.387 e. The molecule has 0 saturated heterocycles. The number of para-hydroxylation sites is 1. The predicted molar refractivity (Wildman–Crippen MR) is 86.1 cm³/mol. The van der Waals surface area contributed by atoms with Gasteiger partial charge >= 0.3 is 6.61 Å². The average molecular weight is 405 g/mol. The van der Waals surface area contributed by atoms with Crippen LogP contribution >= 0.6 is 22.6 Å². The number of hydrogen-bond donors (Lipinski definition) is 1. The van der Waals surface area contributed by atoms with E-state index in [4.69, 9.17) is 4.74 Å². The molecule has 0 spiro atoms. The van der Waals surface area contributed by atoms with E-state index < -0.39 is 6.61 Å². The molecule has 0 aliphatic heterocycles. The quantitative estimate of drug-likeness (QED) is 0.718. The van der Waals surface area contributed by atoms with Crippen LogP contribution in [-0.4, -0.2) is 13.7 Å². The molecule has 0 aromatic heterocycles. The molecule has 0 atom stereocenters. The van der Waals surface area contributed by atoms with Crippen molar-refractivity contribution < 1.29 is 18.3 Å². The van der Waals surface area contributed by atoms with Gasteiger partial charge in [-0.25, -0.2) is 0 Å². The van der Waals surface area contributed by atoms with Gasteiger partial charge in [-0.1, -0.05) is 18.2 Å². The van der Waals surface area contributed by atoms with Crippen LogP contribution in [-0.2, 0) is 6.54 Å². The van der Waals surface area contributed by atoms with E-state index >= 15 is 0 Å². The first kappa shape index (κ1) is 15.8. The molecule has 6 heteroatoms. The van der Waals surface area contributed by atoms with Gasteiger partial charge in [-0.3, -0.25) is 0 Å². The van der Waals surface area contributed by atoms with Crippen LogP contribution in [0.1, 0.15) is 5.56 Å². The number of ether oxygens (including phenoxy) is 2. The lowest BCUT2D eigenvalue weighted by Gasteiger charge is -2.13. The molecule has 2 rings (SSSR count). The molecule has 0 heterocycles. The molecule has 0 aliphatic rings. The van der Waals surface area contributed by atoms with Gasteiger partial charge in [0.2, 0.25) is 0 Å². The maximum atomic E-state index is 12.4. The number of benzene rings is 2. The topological polar surface area (TPSA) is 30.5 Å². The van der Waals surface area contributed by atoms with Crippen LogP contribution < -0.4 is 14.8 Å². The molecule has 2 aromatic rings. The van der Waals surface area contributed by atoms with Gasteiger partial charge in [-0.2, -0.15) is 8.78 Å². The normalized spacial score (nSPS) is 10.5. The highest BCUT2D eigenvalue weighted by molar-refractivity contribution is 14.1. The van der Waals surface area contributed by atoms with Crippen molar-refractivity contribution in [2.24, 2.45) is 0 Å². The highest BCUT2D eigenvalue weighted by atomic mass is 127. The highest BCUT2D eigenvalue weighted by Crippen LogP contribution is 2.30. The van der Waals surface area contributed by atoms with Crippen molar-refractivity contribution in [1.82, 2.24) is 0 Å². The third-order valence-corrected chi connectivity index (χ3v) is 3.74. The molecular formula is C15H14F2INO2. The monoisotopic (exact) mass is 405 g/mol. The van der Waals surface area contributed by atoms with Crippen molar-refractivity contribution in [3.8, 4) is 11.5 Å². The molecule has 2 aromatic carbocycles. The molecule has 112 valence electrons. The summed E-state index contributed by atoms with van der Waals surface area (Å²) in [5.41, 5.74) is 1.82. The van der Waals surface area contributed by atoms with E-state index in [0.717, 1.165) is 14.8 Å². The van der Waals surface area contributed by atoms with E-state index in [1.165, 1.54) is 7.11 Å². The minimum absolute atomic E-state index is 0.0366. The largest absolute Gasteiger partial charge is 0.493 e. The zero-order chi connectivity index (χ0) is 15.2. The van der Waals surface area contributed by atoms with E-state index in [1.807, 2.05) is 24.3 Å². The molecule has 0 amide bonds. The van der Waals surface area contributed by atoms with Gasteiger partial charge in [0.25, 0.3) is 0 Å². The van der Waals surface area contributed by atoms with Crippen LogP contribution in [0.15, 0.2) is 42.5 Å². The predicted octanol–water partition coefficient (Wildman–Crippen LogP) is 4.51. The van der Waals surface area contributed by atoms with Crippen molar-refractivity contribution in [2.75, 3.05) is 12.4 Å². The fourth-order valence-corrected chi connectivity index (χ4v) is 2.40. The SMILES string of the molecule is COc1ccc(CNc2ccccc2I)cc1OC(F)F. The minimum atomic E-state index is -2.88. The third kappa shape index (κ3) is 4.45. The Bertz CT molecular complexity index is 608. The highest BCUT2D eigenvalue weighted by Gasteiger charge is 2.11. The van der Waals surface area contributed by atoms with Crippen LogP contribution in [0.25, 0.3) is 0 Å². The molecule has 1 N–H and O–H groups in total. The minimum Gasteiger partial charge on any atom is -0.493 e. The molecule has 21 heavy (non-hydrogen) atoms. The summed E-state index contributed by atoms with van der Waals surface area (Å²) < 4.78 is 35.3. The molecule has 0 aliphatic carbocycles. The molecule has 3 nitrogen and oxygen atoms in total. The van der Waals surface area contributed by atoms with E-state index in [-0.39, 0.29) is 11.5 Å². The maximum absolute atomic E-state index is 12.4. The van der Waals surface area contributed by atoms with Gasteiger partial charge in [0.05, 0.1) is 7.11 Å². The van der Waals surface area contributed by atoms with Crippen molar-refractivity contribution in [3.05, 3.63) is 51.6 Å². The molecular weight excluding hydrogens is 391 g/mol. The smallest absolute Gasteiger partial charge is 0.387 e. The Balaban J connectivity index is 2.12. The number of alkyl halides is 2. The van der Waals surface area contributed by atoms with Gasteiger partial charge in [-0.15, -0.1) is 0 Å². The number of anilines is 1. The number of rotatable bonds is 6. The van der Waals surface area contributed by atoms with Crippen molar-refractivity contribution in [1.29, 1.82) is 0 Å². The Morgan fingerprint density at radius 2 is 1.90 bits per heavy atom. The first-order valence-electron chi connectivity index (χ1n) is 6.20. The summed E-state index contributed by atoms with van der Waals surface area (Å²) in [4.78, 5) is 0. The second-order valence-electron chi connectivity index (χ2n) is 4.20. The van der Waals surface area contributed by atoms with E-state index in [0.29, 0.717) is 6.54 Å². The van der Waals surface area contributed by atoms with Crippen LogP contribution in [0, 0.1) is 3.57 Å². The Kier molecular flexibility index (Phi) is 5.60. The van der Waals surface area contributed by atoms with Gasteiger partial charge < -0.3 is 14.8 Å². The average Bonchev–Trinajstić information content (AvgIpc) is 2.46. The van der Waals surface area contributed by atoms with E-state index in [2.05, 4.69) is 32.6 Å². The zero-order valence-corrected chi connectivity index (χ0v) is 13.4. The number of nitrogens with one attached hydrogen (secondary N) is 1. The van der Waals surface area contributed by atoms with Crippen molar-refractivity contribution >= 4 is 28.3 Å². The Labute approximate surface area is 135 Å². The first-order chi connectivity index (χ1) is 10.1. The third-order valence-electron chi connectivity index (χ3n) is 2.80. The van der Waals surface area contributed by atoms with Gasteiger partial charge in [0.15, 0.2) is 11.5 Å². The summed E-state index contributed by atoms with van der Waals surface area (Å²) in [6.07, 6.45) is 0. The Morgan fingerprint density at radius 1 is 1.14 bits per heavy atom. The Morgan fingerprint density at radius 3 is 2.57 bits per heavy atom. The lowest BCUT2D eigenvalue weighted by atomic mass is 10.2.